The number of benzene rings is 2. The van der Waals surface area contributed by atoms with Crippen LogP contribution >= 0.6 is 11.6 Å². The maximum absolute atomic E-state index is 12.7. The summed E-state index contributed by atoms with van der Waals surface area (Å²) in [6, 6.07) is 10.5. The average Bonchev–Trinajstić information content (AvgIpc) is 2.82. The fourth-order valence-electron chi connectivity index (χ4n) is 3.91. The first-order valence-electron chi connectivity index (χ1n) is 10.6. The Bertz CT molecular complexity index is 915. The van der Waals surface area contributed by atoms with Crippen LogP contribution in [0.3, 0.4) is 0 Å². The topological polar surface area (TPSA) is 77.1 Å². The number of anilines is 1. The zero-order valence-corrected chi connectivity index (χ0v) is 19.4. The number of hydrogen-bond acceptors (Lipinski definition) is 6. The molecule has 2 aromatic carbocycles. The van der Waals surface area contributed by atoms with Gasteiger partial charge in [0.15, 0.2) is 17.3 Å². The number of Topliss-reactive ketones (excluding diaryl/α,β-unsaturated/α-hetero) is 1. The Morgan fingerprint density at radius 3 is 2.12 bits per heavy atom. The number of carbonyl (C=O) groups excluding carboxylic acids is 2. The molecule has 1 aliphatic rings. The van der Waals surface area contributed by atoms with Crippen LogP contribution in [-0.4, -0.2) is 57.6 Å². The Morgan fingerprint density at radius 2 is 1.59 bits per heavy atom. The summed E-state index contributed by atoms with van der Waals surface area (Å²) in [7, 11) is 4.60. The number of piperidine rings is 1. The molecule has 1 aliphatic heterocycles. The molecular weight excluding hydrogens is 432 g/mol. The molecule has 1 amide bonds. The molecule has 0 aromatic heterocycles. The maximum atomic E-state index is 12.7. The van der Waals surface area contributed by atoms with E-state index in [-0.39, 0.29) is 17.6 Å². The molecule has 32 heavy (non-hydrogen) atoms. The molecule has 1 fully saturated rings. The third-order valence-corrected chi connectivity index (χ3v) is 5.94. The van der Waals surface area contributed by atoms with Gasteiger partial charge in [-0.1, -0.05) is 11.6 Å². The predicted octanol–water partition coefficient (Wildman–Crippen LogP) is 4.29. The van der Waals surface area contributed by atoms with Gasteiger partial charge in [0.25, 0.3) is 0 Å². The molecule has 1 N–H and O–H groups in total. The molecule has 0 radical (unpaired) electrons. The van der Waals surface area contributed by atoms with Gasteiger partial charge in [0, 0.05) is 47.3 Å². The van der Waals surface area contributed by atoms with Gasteiger partial charge in [-0.15, -0.1) is 0 Å². The van der Waals surface area contributed by atoms with Crippen molar-refractivity contribution in [1.29, 1.82) is 0 Å². The second-order valence-corrected chi connectivity index (χ2v) is 8.14. The van der Waals surface area contributed by atoms with E-state index in [0.29, 0.717) is 46.5 Å². The molecule has 2 aromatic rings. The summed E-state index contributed by atoms with van der Waals surface area (Å²) in [6.45, 7) is 2.22. The third kappa shape index (κ3) is 5.93. The molecule has 1 saturated heterocycles. The first-order valence-corrected chi connectivity index (χ1v) is 10.9. The molecule has 0 unspecified atom stereocenters. The number of amides is 1. The summed E-state index contributed by atoms with van der Waals surface area (Å²) in [5.41, 5.74) is 1.29. The van der Waals surface area contributed by atoms with Crippen LogP contribution in [-0.2, 0) is 4.79 Å². The standard InChI is InChI=1S/C24H29ClN2O5/c1-30-20-14-19(15-21(31-2)24(20)32-3)26-22(28)10-13-27-11-8-17(9-12-27)23(29)16-4-6-18(25)7-5-16/h4-7,14-15,17H,8-13H2,1-3H3,(H,26,28). The highest BCUT2D eigenvalue weighted by molar-refractivity contribution is 6.30. The summed E-state index contributed by atoms with van der Waals surface area (Å²) in [6.07, 6.45) is 1.93. The maximum Gasteiger partial charge on any atom is 0.225 e. The van der Waals surface area contributed by atoms with E-state index in [2.05, 4.69) is 10.2 Å². The van der Waals surface area contributed by atoms with Gasteiger partial charge >= 0.3 is 0 Å². The van der Waals surface area contributed by atoms with Crippen LogP contribution in [0.4, 0.5) is 5.69 Å². The fourth-order valence-corrected chi connectivity index (χ4v) is 4.03. The van der Waals surface area contributed by atoms with Crippen molar-refractivity contribution in [3.63, 3.8) is 0 Å². The number of nitrogens with one attached hydrogen (secondary N) is 1. The van der Waals surface area contributed by atoms with Gasteiger partial charge in [0.2, 0.25) is 11.7 Å². The highest BCUT2D eigenvalue weighted by Crippen LogP contribution is 2.40. The molecule has 1 heterocycles. The highest BCUT2D eigenvalue weighted by atomic mass is 35.5. The van der Waals surface area contributed by atoms with Crippen LogP contribution in [0.5, 0.6) is 17.2 Å². The summed E-state index contributed by atoms with van der Waals surface area (Å²) < 4.78 is 16.0. The van der Waals surface area contributed by atoms with Crippen molar-refractivity contribution in [1.82, 2.24) is 4.90 Å². The third-order valence-electron chi connectivity index (χ3n) is 5.69. The Balaban J connectivity index is 1.48. The summed E-state index contributed by atoms with van der Waals surface area (Å²) in [5.74, 6) is 1.52. The zero-order chi connectivity index (χ0) is 23.1. The lowest BCUT2D eigenvalue weighted by atomic mass is 9.89. The lowest BCUT2D eigenvalue weighted by molar-refractivity contribution is -0.116. The first-order chi connectivity index (χ1) is 15.4. The van der Waals surface area contributed by atoms with Crippen molar-refractivity contribution in [3.05, 3.63) is 47.0 Å². The number of likely N-dealkylation sites (tertiary alicyclic amines) is 1. The Hall–Kier alpha value is -2.77. The van der Waals surface area contributed by atoms with E-state index in [1.54, 1.807) is 36.4 Å². The molecule has 172 valence electrons. The number of carbonyl (C=O) groups is 2. The van der Waals surface area contributed by atoms with Crippen molar-refractivity contribution in [2.24, 2.45) is 5.92 Å². The summed E-state index contributed by atoms with van der Waals surface area (Å²) >= 11 is 5.91. The normalized spacial score (nSPS) is 14.6. The number of hydrogen-bond donors (Lipinski definition) is 1. The van der Waals surface area contributed by atoms with Crippen LogP contribution < -0.4 is 19.5 Å². The van der Waals surface area contributed by atoms with Gasteiger partial charge in [-0.05, 0) is 50.2 Å². The van der Waals surface area contributed by atoms with E-state index in [4.69, 9.17) is 25.8 Å². The Morgan fingerprint density at radius 1 is 1.00 bits per heavy atom. The van der Waals surface area contributed by atoms with Crippen LogP contribution in [0.1, 0.15) is 29.6 Å². The number of methoxy groups -OCH3 is 3. The molecular formula is C24H29ClN2O5. The Kier molecular flexibility index (Phi) is 8.36. The number of halogens is 1. The van der Waals surface area contributed by atoms with Crippen molar-refractivity contribution < 1.29 is 23.8 Å². The highest BCUT2D eigenvalue weighted by Gasteiger charge is 2.26. The number of rotatable bonds is 9. The number of ketones is 1. The van der Waals surface area contributed by atoms with Gasteiger partial charge in [0.1, 0.15) is 0 Å². The van der Waals surface area contributed by atoms with Gasteiger partial charge < -0.3 is 24.4 Å². The lowest BCUT2D eigenvalue weighted by Crippen LogP contribution is -2.38. The second-order valence-electron chi connectivity index (χ2n) is 7.70. The van der Waals surface area contributed by atoms with E-state index < -0.39 is 0 Å². The molecule has 0 spiro atoms. The average molecular weight is 461 g/mol. The monoisotopic (exact) mass is 460 g/mol. The van der Waals surface area contributed by atoms with Crippen LogP contribution in [0.2, 0.25) is 5.02 Å². The minimum atomic E-state index is -0.0985. The molecule has 0 saturated carbocycles. The van der Waals surface area contributed by atoms with E-state index in [9.17, 15) is 9.59 Å². The van der Waals surface area contributed by atoms with Gasteiger partial charge in [-0.3, -0.25) is 9.59 Å². The van der Waals surface area contributed by atoms with Crippen molar-refractivity contribution >= 4 is 29.0 Å². The number of ether oxygens (including phenoxy) is 3. The molecule has 8 heteroatoms. The van der Waals surface area contributed by atoms with Crippen LogP contribution in [0.25, 0.3) is 0 Å². The smallest absolute Gasteiger partial charge is 0.225 e. The van der Waals surface area contributed by atoms with E-state index in [0.717, 1.165) is 25.9 Å². The first kappa shape index (κ1) is 23.9. The predicted molar refractivity (Wildman–Crippen MR) is 124 cm³/mol. The van der Waals surface area contributed by atoms with Gasteiger partial charge in [-0.25, -0.2) is 0 Å². The molecule has 0 atom stereocenters. The minimum absolute atomic E-state index is 0.0143. The molecule has 3 rings (SSSR count). The zero-order valence-electron chi connectivity index (χ0n) is 18.7. The van der Waals surface area contributed by atoms with E-state index in [1.807, 2.05) is 0 Å². The molecule has 0 aliphatic carbocycles. The quantitative estimate of drug-likeness (QED) is 0.562. The largest absolute Gasteiger partial charge is 0.493 e. The fraction of sp³-hybridized carbons (Fsp3) is 0.417. The van der Waals surface area contributed by atoms with Crippen LogP contribution in [0.15, 0.2) is 36.4 Å². The lowest BCUT2D eigenvalue weighted by Gasteiger charge is -2.31. The van der Waals surface area contributed by atoms with Gasteiger partial charge in [-0.2, -0.15) is 0 Å². The minimum Gasteiger partial charge on any atom is -0.493 e. The van der Waals surface area contributed by atoms with Crippen molar-refractivity contribution in [2.45, 2.75) is 19.3 Å². The SMILES string of the molecule is COc1cc(NC(=O)CCN2CCC(C(=O)c3ccc(Cl)cc3)CC2)cc(OC)c1OC. The van der Waals surface area contributed by atoms with E-state index in [1.165, 1.54) is 21.3 Å². The van der Waals surface area contributed by atoms with Crippen molar-refractivity contribution in [3.8, 4) is 17.2 Å². The van der Waals surface area contributed by atoms with Gasteiger partial charge in [0.05, 0.1) is 21.3 Å². The van der Waals surface area contributed by atoms with E-state index >= 15 is 0 Å². The van der Waals surface area contributed by atoms with Crippen molar-refractivity contribution in [2.75, 3.05) is 46.3 Å². The summed E-state index contributed by atoms with van der Waals surface area (Å²) in [4.78, 5) is 27.4. The summed E-state index contributed by atoms with van der Waals surface area (Å²) in [5, 5.41) is 3.52. The number of nitrogens with zero attached hydrogens (tertiary/aromatic N) is 1. The second kappa shape index (κ2) is 11.2. The molecule has 0 bridgehead atoms. The van der Waals surface area contributed by atoms with Crippen LogP contribution in [0, 0.1) is 5.92 Å². The molecule has 7 nitrogen and oxygen atoms in total. The Labute approximate surface area is 193 Å².